The largest absolute Gasteiger partial charge is 0.486 e. The van der Waals surface area contributed by atoms with Crippen LogP contribution in [0.3, 0.4) is 0 Å². The van der Waals surface area contributed by atoms with E-state index in [-0.39, 0.29) is 28.9 Å². The molecule has 4 heteroatoms. The lowest BCUT2D eigenvalue weighted by Crippen LogP contribution is -1.96. The van der Waals surface area contributed by atoms with E-state index in [1.807, 2.05) is 6.08 Å². The molecule has 0 aliphatic heterocycles. The average molecular weight is 394 g/mol. The molecule has 0 spiro atoms. The molecule has 0 heterocycles. The van der Waals surface area contributed by atoms with Gasteiger partial charge < -0.3 is 4.74 Å². The van der Waals surface area contributed by atoms with Gasteiger partial charge in [-0.3, -0.25) is 0 Å². The van der Waals surface area contributed by atoms with Crippen LogP contribution in [0.5, 0.6) is 5.75 Å². The summed E-state index contributed by atoms with van der Waals surface area (Å²) in [6, 6.07) is 13.9. The highest BCUT2D eigenvalue weighted by Gasteiger charge is 2.14. The highest BCUT2D eigenvalue weighted by molar-refractivity contribution is 5.91. The number of allylic oxidation sites excluding steroid dienone is 1. The van der Waals surface area contributed by atoms with Crippen LogP contribution in [0.1, 0.15) is 23.1 Å². The number of hydrogen-bond donors (Lipinski definition) is 0. The standard InChI is InChI=1S/C25H21F3O/c1-3-5-6-17-7-9-18(10-8-17)23(26)24(27)20-11-13-21-19(16-20)12-14-22(25(21)28)29-15-4-2/h3-4,7-14,16H,1-2,5-6,15H2. The Bertz CT molecular complexity index is 1070. The van der Waals surface area contributed by atoms with Gasteiger partial charge in [-0.15, -0.1) is 6.58 Å². The molecule has 0 fully saturated rings. The van der Waals surface area contributed by atoms with E-state index in [1.165, 1.54) is 30.3 Å². The first kappa shape index (κ1) is 20.5. The molecule has 3 rings (SSSR count). The SMILES string of the molecule is C=CCCc1ccc(C(F)=C(F)c2ccc3c(F)c(OCC=C)ccc3c2)cc1. The van der Waals surface area contributed by atoms with E-state index in [4.69, 9.17) is 4.74 Å². The van der Waals surface area contributed by atoms with Crippen LogP contribution in [-0.2, 0) is 6.42 Å². The van der Waals surface area contributed by atoms with Crippen molar-refractivity contribution in [3.05, 3.63) is 102 Å². The molecule has 0 unspecified atom stereocenters. The van der Waals surface area contributed by atoms with E-state index in [2.05, 4.69) is 13.2 Å². The summed E-state index contributed by atoms with van der Waals surface area (Å²) in [5, 5.41) is 0.726. The Morgan fingerprint density at radius 3 is 2.24 bits per heavy atom. The second-order valence-corrected chi connectivity index (χ2v) is 6.57. The third-order valence-electron chi connectivity index (χ3n) is 4.57. The van der Waals surface area contributed by atoms with Crippen molar-refractivity contribution >= 4 is 22.4 Å². The molecule has 0 saturated heterocycles. The Morgan fingerprint density at radius 2 is 1.55 bits per heavy atom. The van der Waals surface area contributed by atoms with Gasteiger partial charge >= 0.3 is 0 Å². The number of fused-ring (bicyclic) bond motifs is 1. The maximum absolute atomic E-state index is 14.8. The zero-order chi connectivity index (χ0) is 20.8. The van der Waals surface area contributed by atoms with Crippen molar-refractivity contribution in [2.45, 2.75) is 12.8 Å². The van der Waals surface area contributed by atoms with Gasteiger partial charge in [0.25, 0.3) is 0 Å². The molecule has 0 bridgehead atoms. The van der Waals surface area contributed by atoms with Crippen LogP contribution in [0.2, 0.25) is 0 Å². The molecular weight excluding hydrogens is 373 g/mol. The molecule has 29 heavy (non-hydrogen) atoms. The molecule has 0 radical (unpaired) electrons. The van der Waals surface area contributed by atoms with Gasteiger partial charge in [-0.1, -0.05) is 61.2 Å². The Labute approximate surface area is 168 Å². The van der Waals surface area contributed by atoms with Gasteiger partial charge in [0.2, 0.25) is 0 Å². The van der Waals surface area contributed by atoms with Gasteiger partial charge in [0, 0.05) is 16.5 Å². The molecule has 3 aromatic rings. The van der Waals surface area contributed by atoms with Crippen molar-refractivity contribution < 1.29 is 17.9 Å². The predicted octanol–water partition coefficient (Wildman–Crippen LogP) is 7.43. The highest BCUT2D eigenvalue weighted by Crippen LogP contribution is 2.33. The third-order valence-corrected chi connectivity index (χ3v) is 4.57. The Kier molecular flexibility index (Phi) is 6.55. The van der Waals surface area contributed by atoms with Crippen LogP contribution in [0.15, 0.2) is 79.9 Å². The molecule has 0 saturated carbocycles. The van der Waals surface area contributed by atoms with Crippen LogP contribution in [0.4, 0.5) is 13.2 Å². The minimum Gasteiger partial charge on any atom is -0.486 e. The van der Waals surface area contributed by atoms with Crippen molar-refractivity contribution in [3.63, 3.8) is 0 Å². The molecular formula is C25H21F3O. The molecule has 148 valence electrons. The second kappa shape index (κ2) is 9.28. The lowest BCUT2D eigenvalue weighted by molar-refractivity contribution is 0.344. The number of rotatable bonds is 8. The zero-order valence-corrected chi connectivity index (χ0v) is 15.9. The number of benzene rings is 3. The van der Waals surface area contributed by atoms with Gasteiger partial charge in [-0.05, 0) is 35.9 Å². The van der Waals surface area contributed by atoms with Gasteiger partial charge in [-0.25, -0.2) is 13.2 Å². The average Bonchev–Trinajstić information content (AvgIpc) is 2.76. The van der Waals surface area contributed by atoms with Crippen LogP contribution in [0, 0.1) is 5.82 Å². The van der Waals surface area contributed by atoms with E-state index in [0.717, 1.165) is 18.4 Å². The fourth-order valence-electron chi connectivity index (χ4n) is 3.01. The lowest BCUT2D eigenvalue weighted by Gasteiger charge is -2.09. The minimum absolute atomic E-state index is 0.0462. The van der Waals surface area contributed by atoms with E-state index in [9.17, 15) is 13.2 Å². The van der Waals surface area contributed by atoms with Crippen molar-refractivity contribution in [2.75, 3.05) is 6.61 Å². The zero-order valence-electron chi connectivity index (χ0n) is 15.9. The smallest absolute Gasteiger partial charge is 0.172 e. The van der Waals surface area contributed by atoms with Crippen LogP contribution < -0.4 is 4.74 Å². The fraction of sp³-hybridized carbons (Fsp3) is 0.120. The molecule has 0 aliphatic rings. The monoisotopic (exact) mass is 394 g/mol. The molecule has 0 aliphatic carbocycles. The number of hydrogen-bond acceptors (Lipinski definition) is 1. The van der Waals surface area contributed by atoms with E-state index in [0.29, 0.717) is 5.39 Å². The van der Waals surface area contributed by atoms with E-state index in [1.54, 1.807) is 30.3 Å². The van der Waals surface area contributed by atoms with E-state index < -0.39 is 17.5 Å². The normalized spacial score (nSPS) is 11.8. The van der Waals surface area contributed by atoms with Gasteiger partial charge in [0.05, 0.1) is 0 Å². The van der Waals surface area contributed by atoms with Crippen molar-refractivity contribution in [1.29, 1.82) is 0 Å². The van der Waals surface area contributed by atoms with Crippen molar-refractivity contribution in [2.24, 2.45) is 0 Å². The highest BCUT2D eigenvalue weighted by atomic mass is 19.2. The summed E-state index contributed by atoms with van der Waals surface area (Å²) in [6.45, 7) is 7.37. The topological polar surface area (TPSA) is 9.23 Å². The summed E-state index contributed by atoms with van der Waals surface area (Å²) in [6.07, 6.45) is 4.94. The van der Waals surface area contributed by atoms with Gasteiger partial charge in [-0.2, -0.15) is 0 Å². The lowest BCUT2D eigenvalue weighted by atomic mass is 10.0. The number of aryl methyl sites for hydroxylation is 1. The Hall–Kier alpha value is -3.27. The molecule has 0 atom stereocenters. The quantitative estimate of drug-likeness (QED) is 0.285. The first-order valence-electron chi connectivity index (χ1n) is 9.27. The Morgan fingerprint density at radius 1 is 0.862 bits per heavy atom. The summed E-state index contributed by atoms with van der Waals surface area (Å²) < 4.78 is 49.2. The maximum Gasteiger partial charge on any atom is 0.172 e. The first-order valence-corrected chi connectivity index (χ1v) is 9.27. The fourth-order valence-corrected chi connectivity index (χ4v) is 3.01. The molecule has 1 nitrogen and oxygen atoms in total. The summed E-state index contributed by atoms with van der Waals surface area (Å²) >= 11 is 0. The third kappa shape index (κ3) is 4.60. The van der Waals surface area contributed by atoms with E-state index >= 15 is 0 Å². The summed E-state index contributed by atoms with van der Waals surface area (Å²) in [4.78, 5) is 0. The molecule has 0 amide bonds. The number of ether oxygens (including phenoxy) is 1. The molecule has 3 aromatic carbocycles. The molecule has 0 N–H and O–H groups in total. The summed E-state index contributed by atoms with van der Waals surface area (Å²) in [5.41, 5.74) is 1.23. The molecule has 0 aromatic heterocycles. The van der Waals surface area contributed by atoms with Gasteiger partial charge in [0.15, 0.2) is 23.2 Å². The minimum atomic E-state index is -0.988. The summed E-state index contributed by atoms with van der Waals surface area (Å²) in [7, 11) is 0. The maximum atomic E-state index is 14.8. The summed E-state index contributed by atoms with van der Waals surface area (Å²) in [5.74, 6) is -2.40. The van der Waals surface area contributed by atoms with Gasteiger partial charge in [0.1, 0.15) is 6.61 Å². The van der Waals surface area contributed by atoms with Crippen molar-refractivity contribution in [1.82, 2.24) is 0 Å². The second-order valence-electron chi connectivity index (χ2n) is 6.57. The first-order chi connectivity index (χ1) is 14.0. The van der Waals surface area contributed by atoms with Crippen LogP contribution >= 0.6 is 0 Å². The van der Waals surface area contributed by atoms with Crippen LogP contribution in [-0.4, -0.2) is 6.61 Å². The Balaban J connectivity index is 1.91. The number of halogens is 3. The predicted molar refractivity (Wildman–Crippen MR) is 114 cm³/mol. The van der Waals surface area contributed by atoms with Crippen LogP contribution in [0.25, 0.3) is 22.4 Å². The van der Waals surface area contributed by atoms with Crippen molar-refractivity contribution in [3.8, 4) is 5.75 Å².